The van der Waals surface area contributed by atoms with Gasteiger partial charge in [-0.2, -0.15) is 4.98 Å². The van der Waals surface area contributed by atoms with E-state index in [4.69, 9.17) is 16.1 Å². The third kappa shape index (κ3) is 2.42. The van der Waals surface area contributed by atoms with Crippen molar-refractivity contribution in [1.29, 1.82) is 0 Å². The van der Waals surface area contributed by atoms with E-state index in [2.05, 4.69) is 26.1 Å². The van der Waals surface area contributed by atoms with E-state index in [0.29, 0.717) is 27.9 Å². The Morgan fingerprint density at radius 2 is 1.90 bits per heavy atom. The molecule has 2 aromatic carbocycles. The van der Waals surface area contributed by atoms with Crippen molar-refractivity contribution >= 4 is 27.5 Å². The lowest BCUT2D eigenvalue weighted by atomic mass is 10.2. The van der Waals surface area contributed by atoms with Gasteiger partial charge in [-0.05, 0) is 30.3 Å². The summed E-state index contributed by atoms with van der Waals surface area (Å²) in [4.78, 5) is 4.27. The monoisotopic (exact) mass is 350 g/mol. The molecule has 100 valence electrons. The quantitative estimate of drug-likeness (QED) is 0.737. The zero-order valence-electron chi connectivity index (χ0n) is 10.0. The van der Waals surface area contributed by atoms with Crippen molar-refractivity contribution in [3.8, 4) is 28.6 Å². The van der Waals surface area contributed by atoms with E-state index in [1.165, 1.54) is 0 Å². The number of nitrogens with zero attached hydrogens (tertiary/aromatic N) is 2. The molecule has 0 fully saturated rings. The molecule has 4 nitrogen and oxygen atoms in total. The molecule has 3 rings (SSSR count). The van der Waals surface area contributed by atoms with Crippen molar-refractivity contribution in [3.63, 3.8) is 0 Å². The summed E-state index contributed by atoms with van der Waals surface area (Å²) in [6, 6.07) is 12.2. The van der Waals surface area contributed by atoms with Crippen LogP contribution in [0.3, 0.4) is 0 Å². The van der Waals surface area contributed by atoms with Crippen molar-refractivity contribution in [2.45, 2.75) is 0 Å². The predicted molar refractivity (Wildman–Crippen MR) is 79.5 cm³/mol. The van der Waals surface area contributed by atoms with Gasteiger partial charge < -0.3 is 9.63 Å². The average Bonchev–Trinajstić information content (AvgIpc) is 2.91. The Balaban J connectivity index is 2.07. The highest BCUT2D eigenvalue weighted by Gasteiger charge is 2.15. The fourth-order valence-corrected chi connectivity index (χ4v) is 2.34. The average molecular weight is 352 g/mol. The number of phenols is 1. The minimum atomic E-state index is 0.0831. The lowest BCUT2D eigenvalue weighted by Crippen LogP contribution is -1.83. The van der Waals surface area contributed by atoms with Crippen LogP contribution in [0.1, 0.15) is 0 Å². The number of rotatable bonds is 2. The molecule has 0 spiro atoms. The molecule has 0 bridgehead atoms. The molecular formula is C14H8BrClN2O2. The van der Waals surface area contributed by atoms with Gasteiger partial charge in [0.2, 0.25) is 5.82 Å². The van der Waals surface area contributed by atoms with Gasteiger partial charge in [0.1, 0.15) is 5.75 Å². The second-order valence-electron chi connectivity index (χ2n) is 4.06. The summed E-state index contributed by atoms with van der Waals surface area (Å²) in [5, 5.41) is 14.3. The van der Waals surface area contributed by atoms with Crippen molar-refractivity contribution in [2.24, 2.45) is 0 Å². The maximum absolute atomic E-state index is 9.85. The first-order valence-corrected chi connectivity index (χ1v) is 6.90. The Morgan fingerprint density at radius 1 is 1.10 bits per heavy atom. The van der Waals surface area contributed by atoms with E-state index in [-0.39, 0.29) is 5.75 Å². The molecule has 0 radical (unpaired) electrons. The largest absolute Gasteiger partial charge is 0.507 e. The van der Waals surface area contributed by atoms with Gasteiger partial charge in [0.25, 0.3) is 5.89 Å². The molecule has 0 atom stereocenters. The molecule has 6 heteroatoms. The summed E-state index contributed by atoms with van der Waals surface area (Å²) in [5.41, 5.74) is 1.14. The summed E-state index contributed by atoms with van der Waals surface area (Å²) >= 11 is 9.42. The molecule has 0 aliphatic heterocycles. The maximum Gasteiger partial charge on any atom is 0.259 e. The number of aromatic hydroxyl groups is 1. The minimum Gasteiger partial charge on any atom is -0.507 e. The van der Waals surface area contributed by atoms with E-state index >= 15 is 0 Å². The normalized spacial score (nSPS) is 10.7. The Bertz CT molecular complexity index is 773. The zero-order chi connectivity index (χ0) is 14.1. The van der Waals surface area contributed by atoms with Crippen molar-refractivity contribution < 1.29 is 9.63 Å². The van der Waals surface area contributed by atoms with Crippen LogP contribution in [0, 0.1) is 0 Å². The Hall–Kier alpha value is -1.85. The van der Waals surface area contributed by atoms with Gasteiger partial charge in [0, 0.05) is 4.47 Å². The van der Waals surface area contributed by atoms with Gasteiger partial charge in [-0.15, -0.1) is 0 Å². The van der Waals surface area contributed by atoms with Gasteiger partial charge in [0.15, 0.2) is 0 Å². The van der Waals surface area contributed by atoms with E-state index in [1.807, 2.05) is 12.1 Å². The first-order chi connectivity index (χ1) is 9.65. The first-order valence-electron chi connectivity index (χ1n) is 5.72. The molecule has 0 amide bonds. The Kier molecular flexibility index (Phi) is 3.46. The highest BCUT2D eigenvalue weighted by Crippen LogP contribution is 2.32. The molecule has 20 heavy (non-hydrogen) atoms. The van der Waals surface area contributed by atoms with E-state index in [1.54, 1.807) is 30.3 Å². The van der Waals surface area contributed by atoms with Gasteiger partial charge >= 0.3 is 0 Å². The summed E-state index contributed by atoms with van der Waals surface area (Å²) in [6.45, 7) is 0. The van der Waals surface area contributed by atoms with Crippen molar-refractivity contribution in [1.82, 2.24) is 10.1 Å². The molecule has 0 saturated carbocycles. The lowest BCUT2D eigenvalue weighted by molar-refractivity contribution is 0.431. The van der Waals surface area contributed by atoms with Crippen LogP contribution >= 0.6 is 27.5 Å². The van der Waals surface area contributed by atoms with Gasteiger partial charge in [0.05, 0.1) is 16.1 Å². The van der Waals surface area contributed by atoms with Crippen LogP contribution in [0.4, 0.5) is 0 Å². The van der Waals surface area contributed by atoms with E-state index in [0.717, 1.165) is 4.47 Å². The smallest absolute Gasteiger partial charge is 0.259 e. The molecule has 1 aromatic heterocycles. The molecule has 0 aliphatic rings. The summed E-state index contributed by atoms with van der Waals surface area (Å²) in [5.74, 6) is 0.698. The van der Waals surface area contributed by atoms with Gasteiger partial charge in [-0.1, -0.05) is 44.8 Å². The third-order valence-electron chi connectivity index (χ3n) is 2.73. The minimum absolute atomic E-state index is 0.0831. The standard InChI is InChI=1S/C14H8BrClN2O2/c15-8-5-6-12(19)10(7-8)13-17-14(20-18-13)9-3-1-2-4-11(9)16/h1-7,19H. The SMILES string of the molecule is Oc1ccc(Br)cc1-c1noc(-c2ccccc2Cl)n1. The Labute approximate surface area is 128 Å². The van der Waals surface area contributed by atoms with Crippen LogP contribution in [-0.2, 0) is 0 Å². The van der Waals surface area contributed by atoms with Crippen LogP contribution in [0.25, 0.3) is 22.8 Å². The lowest BCUT2D eigenvalue weighted by Gasteiger charge is -1.99. The third-order valence-corrected chi connectivity index (χ3v) is 3.55. The summed E-state index contributed by atoms with van der Waals surface area (Å²) < 4.78 is 6.02. The van der Waals surface area contributed by atoms with Crippen molar-refractivity contribution in [2.75, 3.05) is 0 Å². The summed E-state index contributed by atoms with van der Waals surface area (Å²) in [6.07, 6.45) is 0. The van der Waals surface area contributed by atoms with E-state index in [9.17, 15) is 5.11 Å². The number of phenolic OH excluding ortho intramolecular Hbond substituents is 1. The Morgan fingerprint density at radius 3 is 2.70 bits per heavy atom. The second-order valence-corrected chi connectivity index (χ2v) is 5.39. The molecule has 3 aromatic rings. The van der Waals surface area contributed by atoms with E-state index < -0.39 is 0 Å². The summed E-state index contributed by atoms with van der Waals surface area (Å²) in [7, 11) is 0. The first kappa shape index (κ1) is 13.1. The number of hydrogen-bond donors (Lipinski definition) is 1. The van der Waals surface area contributed by atoms with Crippen LogP contribution in [0.5, 0.6) is 5.75 Å². The fraction of sp³-hybridized carbons (Fsp3) is 0. The van der Waals surface area contributed by atoms with Crippen molar-refractivity contribution in [3.05, 3.63) is 52.0 Å². The van der Waals surface area contributed by atoms with Gasteiger partial charge in [-0.25, -0.2) is 0 Å². The molecule has 0 unspecified atom stereocenters. The second kappa shape index (κ2) is 5.26. The molecule has 1 heterocycles. The molecular weight excluding hydrogens is 344 g/mol. The highest BCUT2D eigenvalue weighted by atomic mass is 79.9. The fourth-order valence-electron chi connectivity index (χ4n) is 1.76. The number of aromatic nitrogens is 2. The van der Waals surface area contributed by atoms with Crippen LogP contribution in [0.2, 0.25) is 5.02 Å². The molecule has 0 aliphatic carbocycles. The van der Waals surface area contributed by atoms with Gasteiger partial charge in [-0.3, -0.25) is 0 Å². The van der Waals surface area contributed by atoms with Crippen LogP contribution in [-0.4, -0.2) is 15.2 Å². The molecule has 0 saturated heterocycles. The topological polar surface area (TPSA) is 59.2 Å². The predicted octanol–water partition coefficient (Wildman–Crippen LogP) is 4.53. The maximum atomic E-state index is 9.85. The van der Waals surface area contributed by atoms with Crippen LogP contribution in [0.15, 0.2) is 51.5 Å². The number of hydrogen-bond acceptors (Lipinski definition) is 4. The van der Waals surface area contributed by atoms with Crippen LogP contribution < -0.4 is 0 Å². The number of halogens is 2. The number of benzene rings is 2. The molecule has 1 N–H and O–H groups in total. The zero-order valence-corrected chi connectivity index (χ0v) is 12.4. The highest BCUT2D eigenvalue weighted by molar-refractivity contribution is 9.10.